The lowest BCUT2D eigenvalue weighted by Gasteiger charge is -2.16. The Kier molecular flexibility index (Phi) is 4.89. The van der Waals surface area contributed by atoms with Crippen LogP contribution in [0.5, 0.6) is 0 Å². The van der Waals surface area contributed by atoms with E-state index in [-0.39, 0.29) is 36.5 Å². The number of benzene rings is 2. The van der Waals surface area contributed by atoms with Gasteiger partial charge in [0, 0.05) is 29.6 Å². The molecule has 5 aromatic rings. The number of amides is 2. The predicted octanol–water partition coefficient (Wildman–Crippen LogP) is 4.51. The van der Waals surface area contributed by atoms with E-state index in [1.807, 2.05) is 30.5 Å². The number of aryl methyl sites for hydroxylation is 1. The second kappa shape index (κ2) is 7.96. The van der Waals surface area contributed by atoms with Crippen LogP contribution in [-0.2, 0) is 9.59 Å². The highest BCUT2D eigenvalue weighted by molar-refractivity contribution is 7.18. The van der Waals surface area contributed by atoms with Crippen molar-refractivity contribution in [3.8, 4) is 11.3 Å². The first-order chi connectivity index (χ1) is 16.4. The number of hydrogen-bond acceptors (Lipinski definition) is 7. The molecule has 0 aliphatic carbocycles. The highest BCUT2D eigenvalue weighted by atomic mass is 32.1. The third kappa shape index (κ3) is 3.62. The number of thiazole rings is 2. The van der Waals surface area contributed by atoms with Gasteiger partial charge in [0.2, 0.25) is 22.7 Å². The number of fused-ring (bicyclic) bond motifs is 2. The second-order valence-corrected chi connectivity index (χ2v) is 10.1. The van der Waals surface area contributed by atoms with Gasteiger partial charge >= 0.3 is 0 Å². The monoisotopic (exact) mass is 492 g/mol. The first kappa shape index (κ1) is 20.9. The maximum absolute atomic E-state index is 13.3. The largest absolute Gasteiger partial charge is 0.312 e. The molecule has 11 heteroatoms. The number of anilines is 2. The molecule has 2 aromatic carbocycles. The normalized spacial score (nSPS) is 16.1. The van der Waals surface area contributed by atoms with Crippen LogP contribution in [-0.4, -0.2) is 37.9 Å². The topological polar surface area (TPSA) is 92.5 Å². The molecule has 1 unspecified atom stereocenters. The second-order valence-electron chi connectivity index (χ2n) is 8.04. The van der Waals surface area contributed by atoms with Gasteiger partial charge in [-0.1, -0.05) is 0 Å². The average Bonchev–Trinajstić information content (AvgIpc) is 3.56. The Hall–Kier alpha value is -3.70. The van der Waals surface area contributed by atoms with Crippen LogP contribution in [0.25, 0.3) is 26.4 Å². The summed E-state index contributed by atoms with van der Waals surface area (Å²) in [5.74, 6) is -1.07. The summed E-state index contributed by atoms with van der Waals surface area (Å²) in [5, 5.41) is 9.99. The molecule has 1 aliphatic rings. The van der Waals surface area contributed by atoms with Crippen LogP contribution < -0.4 is 10.2 Å². The molecule has 170 valence electrons. The Morgan fingerprint density at radius 1 is 1.18 bits per heavy atom. The molecule has 6 rings (SSSR count). The van der Waals surface area contributed by atoms with Crippen LogP contribution in [0.1, 0.15) is 11.4 Å². The van der Waals surface area contributed by atoms with Gasteiger partial charge in [0.15, 0.2) is 0 Å². The van der Waals surface area contributed by atoms with Crippen molar-refractivity contribution < 1.29 is 14.0 Å². The summed E-state index contributed by atoms with van der Waals surface area (Å²) in [6, 6.07) is 11.8. The average molecular weight is 493 g/mol. The molecule has 1 N–H and O–H groups in total. The van der Waals surface area contributed by atoms with Gasteiger partial charge in [-0.3, -0.25) is 14.9 Å². The molecule has 34 heavy (non-hydrogen) atoms. The quantitative estimate of drug-likeness (QED) is 0.399. The van der Waals surface area contributed by atoms with Crippen LogP contribution in [0, 0.1) is 18.7 Å². The van der Waals surface area contributed by atoms with E-state index in [0.29, 0.717) is 4.96 Å². The summed E-state index contributed by atoms with van der Waals surface area (Å²) in [6.45, 7) is 2.23. The highest BCUT2D eigenvalue weighted by Crippen LogP contribution is 2.31. The lowest BCUT2D eigenvalue weighted by molar-refractivity contribution is -0.122. The summed E-state index contributed by atoms with van der Waals surface area (Å²) >= 11 is 2.97. The van der Waals surface area contributed by atoms with E-state index >= 15 is 0 Å². The zero-order valence-electron chi connectivity index (χ0n) is 17.9. The van der Waals surface area contributed by atoms with Crippen molar-refractivity contribution in [2.45, 2.75) is 13.3 Å². The molecule has 0 bridgehead atoms. The van der Waals surface area contributed by atoms with Gasteiger partial charge < -0.3 is 4.90 Å². The van der Waals surface area contributed by atoms with Gasteiger partial charge in [0.1, 0.15) is 5.82 Å². The van der Waals surface area contributed by atoms with Gasteiger partial charge in [0.05, 0.1) is 26.8 Å². The fourth-order valence-corrected chi connectivity index (χ4v) is 5.74. The number of halogens is 1. The molecule has 1 atom stereocenters. The predicted molar refractivity (Wildman–Crippen MR) is 130 cm³/mol. The lowest BCUT2D eigenvalue weighted by Crippen LogP contribution is -2.28. The minimum atomic E-state index is -0.515. The number of nitrogens with one attached hydrogen (secondary N) is 1. The maximum atomic E-state index is 13.3. The van der Waals surface area contributed by atoms with Crippen LogP contribution in [0.2, 0.25) is 0 Å². The number of nitrogens with zero attached hydrogens (tertiary/aromatic N) is 5. The zero-order valence-corrected chi connectivity index (χ0v) is 19.5. The third-order valence-electron chi connectivity index (χ3n) is 5.74. The molecule has 2 amide bonds. The SMILES string of the molecule is Cc1nc2cc(N3CC(C(=O)Nc4nc5scc(-c6ccc(F)cc6)n5n4)CC3=O)ccc2s1. The van der Waals surface area contributed by atoms with E-state index in [0.717, 1.165) is 32.2 Å². The lowest BCUT2D eigenvalue weighted by atomic mass is 10.1. The Morgan fingerprint density at radius 2 is 2.00 bits per heavy atom. The first-order valence-electron chi connectivity index (χ1n) is 10.5. The standard InChI is InChI=1S/C23H17FN6O2S2/c1-12-25-17-9-16(6-7-19(17)34-12)29-10-14(8-20(29)31)21(32)26-22-27-23-30(28-22)18(11-33-23)13-2-4-15(24)5-3-13/h2-7,9,11,14H,8,10H2,1H3,(H,26,28,32). The minimum absolute atomic E-state index is 0.108. The summed E-state index contributed by atoms with van der Waals surface area (Å²) in [7, 11) is 0. The molecule has 0 radical (unpaired) electrons. The van der Waals surface area contributed by atoms with E-state index in [1.54, 1.807) is 32.9 Å². The fraction of sp³-hybridized carbons (Fsp3) is 0.174. The highest BCUT2D eigenvalue weighted by Gasteiger charge is 2.35. The van der Waals surface area contributed by atoms with Crippen LogP contribution in [0.4, 0.5) is 16.0 Å². The van der Waals surface area contributed by atoms with Gasteiger partial charge in [-0.25, -0.2) is 13.9 Å². The Balaban J connectivity index is 1.19. The minimum Gasteiger partial charge on any atom is -0.312 e. The van der Waals surface area contributed by atoms with E-state index < -0.39 is 5.92 Å². The number of carbonyl (C=O) groups is 2. The van der Waals surface area contributed by atoms with Gasteiger partial charge in [-0.2, -0.15) is 4.98 Å². The van der Waals surface area contributed by atoms with E-state index in [9.17, 15) is 14.0 Å². The molecular formula is C23H17FN6O2S2. The Bertz CT molecular complexity index is 1570. The molecule has 1 aliphatic heterocycles. The number of aromatic nitrogens is 4. The van der Waals surface area contributed by atoms with Crippen LogP contribution in [0.15, 0.2) is 47.8 Å². The van der Waals surface area contributed by atoms with Crippen LogP contribution in [0.3, 0.4) is 0 Å². The molecule has 0 saturated carbocycles. The third-order valence-corrected chi connectivity index (χ3v) is 7.51. The number of rotatable bonds is 4. The summed E-state index contributed by atoms with van der Waals surface area (Å²) in [4.78, 5) is 36.7. The van der Waals surface area contributed by atoms with Gasteiger partial charge in [0.25, 0.3) is 0 Å². The Morgan fingerprint density at radius 3 is 2.82 bits per heavy atom. The maximum Gasteiger partial charge on any atom is 0.250 e. The van der Waals surface area contributed by atoms with Gasteiger partial charge in [-0.15, -0.1) is 27.8 Å². The molecular weight excluding hydrogens is 475 g/mol. The molecule has 4 heterocycles. The van der Waals surface area contributed by atoms with E-state index in [2.05, 4.69) is 20.4 Å². The van der Waals surface area contributed by atoms with Crippen molar-refractivity contribution in [1.82, 2.24) is 19.6 Å². The summed E-state index contributed by atoms with van der Waals surface area (Å²) in [6.07, 6.45) is 0.114. The zero-order chi connectivity index (χ0) is 23.4. The first-order valence-corrected chi connectivity index (χ1v) is 12.2. The van der Waals surface area contributed by atoms with Crippen molar-refractivity contribution in [2.75, 3.05) is 16.8 Å². The fourth-order valence-electron chi connectivity index (χ4n) is 4.10. The van der Waals surface area contributed by atoms with Crippen molar-refractivity contribution in [2.24, 2.45) is 5.92 Å². The van der Waals surface area contributed by atoms with Crippen molar-refractivity contribution in [3.05, 3.63) is 58.7 Å². The molecule has 3 aromatic heterocycles. The van der Waals surface area contributed by atoms with E-state index in [4.69, 9.17) is 0 Å². The molecule has 0 spiro atoms. The van der Waals surface area contributed by atoms with Crippen LogP contribution >= 0.6 is 22.7 Å². The smallest absolute Gasteiger partial charge is 0.250 e. The molecule has 1 saturated heterocycles. The van der Waals surface area contributed by atoms with Crippen molar-refractivity contribution >= 4 is 61.3 Å². The molecule has 8 nitrogen and oxygen atoms in total. The summed E-state index contributed by atoms with van der Waals surface area (Å²) in [5.41, 5.74) is 3.13. The molecule has 1 fully saturated rings. The summed E-state index contributed by atoms with van der Waals surface area (Å²) < 4.78 is 15.9. The van der Waals surface area contributed by atoms with Gasteiger partial charge in [-0.05, 0) is 49.4 Å². The number of hydrogen-bond donors (Lipinski definition) is 1. The van der Waals surface area contributed by atoms with Crippen molar-refractivity contribution in [3.63, 3.8) is 0 Å². The number of carbonyl (C=O) groups excluding carboxylic acids is 2. The Labute approximate surface area is 200 Å². The van der Waals surface area contributed by atoms with E-state index in [1.165, 1.54) is 23.5 Å². The van der Waals surface area contributed by atoms with Crippen molar-refractivity contribution in [1.29, 1.82) is 0 Å².